The molecule has 1 heterocycles. The summed E-state index contributed by atoms with van der Waals surface area (Å²) >= 11 is 0. The number of azide groups is 1. The lowest BCUT2D eigenvalue weighted by atomic mass is 9.97. The van der Waals surface area contributed by atoms with Gasteiger partial charge in [0.05, 0.1) is 31.9 Å². The molecule has 212 valence electrons. The Morgan fingerprint density at radius 2 is 1.44 bits per heavy atom. The Morgan fingerprint density at radius 3 is 1.97 bits per heavy atom. The third-order valence-electron chi connectivity index (χ3n) is 6.80. The molecule has 6 atom stereocenters. The van der Waals surface area contributed by atoms with E-state index in [9.17, 15) is 10.2 Å². The molecule has 0 spiro atoms. The fourth-order valence-electron chi connectivity index (χ4n) is 4.37. The van der Waals surface area contributed by atoms with Gasteiger partial charge in [-0.1, -0.05) is 95.5 Å². The maximum atomic E-state index is 10.1. The summed E-state index contributed by atoms with van der Waals surface area (Å²) in [5.41, 5.74) is 14.4. The average molecular weight is 517 g/mol. The maximum Gasteiger partial charge on any atom is 0.175 e. The number of ether oxygens (including phenoxy) is 4. The molecule has 2 unspecified atom stereocenters. The summed E-state index contributed by atoms with van der Waals surface area (Å²) < 4.78 is 22.5. The van der Waals surface area contributed by atoms with Crippen LogP contribution in [0.15, 0.2) is 5.11 Å². The van der Waals surface area contributed by atoms with E-state index in [-0.39, 0.29) is 19.3 Å². The van der Waals surface area contributed by atoms with Crippen molar-refractivity contribution in [1.82, 2.24) is 0 Å². The minimum absolute atomic E-state index is 0.128. The van der Waals surface area contributed by atoms with Gasteiger partial charge in [0, 0.05) is 18.6 Å². The van der Waals surface area contributed by atoms with E-state index in [0.29, 0.717) is 13.2 Å². The zero-order valence-corrected chi connectivity index (χ0v) is 22.6. The van der Waals surface area contributed by atoms with Gasteiger partial charge in [-0.15, -0.1) is 0 Å². The molecule has 0 aromatic carbocycles. The number of hydrogen-bond acceptors (Lipinski definition) is 8. The predicted octanol–water partition coefficient (Wildman–Crippen LogP) is 4.60. The van der Waals surface area contributed by atoms with Gasteiger partial charge in [-0.2, -0.15) is 0 Å². The van der Waals surface area contributed by atoms with E-state index in [2.05, 4.69) is 16.9 Å². The summed E-state index contributed by atoms with van der Waals surface area (Å²) in [6, 6.07) is -0.934. The Hall–Kier alpha value is -0.970. The van der Waals surface area contributed by atoms with Crippen molar-refractivity contribution < 1.29 is 29.2 Å². The molecule has 1 fully saturated rings. The minimum atomic E-state index is -1.25. The fourth-order valence-corrected chi connectivity index (χ4v) is 4.37. The van der Waals surface area contributed by atoms with Crippen LogP contribution in [0.25, 0.3) is 10.4 Å². The lowest BCUT2D eigenvalue weighted by molar-refractivity contribution is -0.263. The molecule has 0 saturated carbocycles. The molecule has 1 aliphatic rings. The average Bonchev–Trinajstić information content (AvgIpc) is 2.89. The number of unbranched alkanes of at least 4 members (excludes halogenated alkanes) is 13. The summed E-state index contributed by atoms with van der Waals surface area (Å²) in [6.07, 6.45) is 13.9. The van der Waals surface area contributed by atoms with Gasteiger partial charge in [0.2, 0.25) is 0 Å². The molecule has 0 bridgehead atoms. The highest BCUT2D eigenvalue weighted by Crippen LogP contribution is 2.21. The molecule has 1 rings (SSSR count). The Kier molecular flexibility index (Phi) is 20.3. The summed E-state index contributed by atoms with van der Waals surface area (Å²) in [5, 5.41) is 23.6. The lowest BCUT2D eigenvalue weighted by Gasteiger charge is -2.40. The summed E-state index contributed by atoms with van der Waals surface area (Å²) in [5.74, 6) is 0. The number of nitrogens with zero attached hydrogens (tertiary/aromatic N) is 3. The van der Waals surface area contributed by atoms with Crippen molar-refractivity contribution in [1.29, 1.82) is 0 Å². The van der Waals surface area contributed by atoms with Gasteiger partial charge in [0.1, 0.15) is 18.3 Å². The van der Waals surface area contributed by atoms with E-state index < -0.39 is 30.6 Å². The summed E-state index contributed by atoms with van der Waals surface area (Å²) in [6.45, 7) is 3.35. The maximum absolute atomic E-state index is 10.1. The second-order valence-electron chi connectivity index (χ2n) is 9.88. The van der Waals surface area contributed by atoms with Crippen molar-refractivity contribution >= 4 is 0 Å². The highest BCUT2D eigenvalue weighted by atomic mass is 16.7. The van der Waals surface area contributed by atoms with Crippen LogP contribution in [0.4, 0.5) is 0 Å². The van der Waals surface area contributed by atoms with Crippen LogP contribution in [0.3, 0.4) is 0 Å². The molecular weight excluding hydrogens is 464 g/mol. The topological polar surface area (TPSA) is 152 Å². The van der Waals surface area contributed by atoms with Crippen LogP contribution >= 0.6 is 0 Å². The van der Waals surface area contributed by atoms with Crippen LogP contribution < -0.4 is 5.73 Å². The number of hydrogen-bond donors (Lipinski definition) is 3. The van der Waals surface area contributed by atoms with Crippen molar-refractivity contribution in [2.75, 3.05) is 33.5 Å². The normalized spacial score (nSPS) is 25.0. The fraction of sp³-hybridized carbons (Fsp3) is 1.00. The van der Waals surface area contributed by atoms with E-state index in [1.807, 2.05) is 0 Å². The number of aliphatic hydroxyl groups excluding tert-OH is 2. The third kappa shape index (κ3) is 14.7. The van der Waals surface area contributed by atoms with Crippen LogP contribution in [-0.4, -0.2) is 80.4 Å². The highest BCUT2D eigenvalue weighted by Gasteiger charge is 2.43. The molecule has 0 radical (unpaired) electrons. The minimum Gasteiger partial charge on any atom is -0.388 e. The van der Waals surface area contributed by atoms with E-state index in [1.54, 1.807) is 7.11 Å². The van der Waals surface area contributed by atoms with Crippen LogP contribution in [0, 0.1) is 0 Å². The second kappa shape index (κ2) is 22.1. The lowest BCUT2D eigenvalue weighted by Crippen LogP contribution is -2.62. The first kappa shape index (κ1) is 33.1. The van der Waals surface area contributed by atoms with Crippen LogP contribution in [-0.2, 0) is 18.9 Å². The Balaban J connectivity index is 2.04. The SMILES string of the molecule is CCCCCCCCCCCCCCCCOC[C@H](CO[C@@H]1OC(CN=[N+]=[N-])[C@@H](O)[C@H](O)C1N)OC. The van der Waals surface area contributed by atoms with Gasteiger partial charge < -0.3 is 34.9 Å². The van der Waals surface area contributed by atoms with Crippen molar-refractivity contribution in [3.05, 3.63) is 10.4 Å². The molecule has 0 aliphatic carbocycles. The number of methoxy groups -OCH3 is 1. The van der Waals surface area contributed by atoms with Gasteiger partial charge in [0.25, 0.3) is 0 Å². The molecule has 0 aromatic heterocycles. The summed E-state index contributed by atoms with van der Waals surface area (Å²) in [7, 11) is 1.58. The van der Waals surface area contributed by atoms with Gasteiger partial charge in [-0.25, -0.2) is 0 Å². The van der Waals surface area contributed by atoms with Crippen LogP contribution in [0.1, 0.15) is 96.8 Å². The molecular formula is C26H52N4O6. The summed E-state index contributed by atoms with van der Waals surface area (Å²) in [4.78, 5) is 2.66. The Labute approximate surface area is 217 Å². The smallest absolute Gasteiger partial charge is 0.175 e. The highest BCUT2D eigenvalue weighted by molar-refractivity contribution is 4.92. The van der Waals surface area contributed by atoms with Crippen LogP contribution in [0.5, 0.6) is 0 Å². The molecule has 10 nitrogen and oxygen atoms in total. The zero-order chi connectivity index (χ0) is 26.4. The first-order chi connectivity index (χ1) is 17.5. The first-order valence-corrected chi connectivity index (χ1v) is 14.0. The van der Waals surface area contributed by atoms with E-state index in [4.69, 9.17) is 30.2 Å². The quantitative estimate of drug-likeness (QED) is 0.0776. The van der Waals surface area contributed by atoms with E-state index >= 15 is 0 Å². The number of aliphatic hydroxyl groups is 2. The Morgan fingerprint density at radius 1 is 0.889 bits per heavy atom. The Bertz CT molecular complexity index is 567. The monoisotopic (exact) mass is 516 g/mol. The van der Waals surface area contributed by atoms with Crippen molar-refractivity contribution in [2.45, 2.75) is 134 Å². The predicted molar refractivity (Wildman–Crippen MR) is 141 cm³/mol. The number of rotatable bonds is 23. The zero-order valence-electron chi connectivity index (χ0n) is 22.6. The van der Waals surface area contributed by atoms with Gasteiger partial charge in [0.15, 0.2) is 6.29 Å². The largest absolute Gasteiger partial charge is 0.388 e. The van der Waals surface area contributed by atoms with Gasteiger partial charge in [-0.3, -0.25) is 0 Å². The molecule has 36 heavy (non-hydrogen) atoms. The van der Waals surface area contributed by atoms with Crippen molar-refractivity contribution in [3.63, 3.8) is 0 Å². The van der Waals surface area contributed by atoms with Gasteiger partial charge in [-0.05, 0) is 12.0 Å². The standard InChI is InChI=1S/C26H52N4O6/c1-3-4-5-6-7-8-9-10-11-12-13-14-15-16-17-34-19-21(33-2)20-35-26-23(27)25(32)24(31)22(36-26)18-29-30-28/h21-26,31-32H,3-20,27H2,1-2H3/t21-,22?,23?,24-,25-,26-/m1/s1. The third-order valence-corrected chi connectivity index (χ3v) is 6.80. The van der Waals surface area contributed by atoms with Gasteiger partial charge >= 0.3 is 0 Å². The first-order valence-electron chi connectivity index (χ1n) is 14.0. The molecule has 10 heteroatoms. The second-order valence-corrected chi connectivity index (χ2v) is 9.88. The molecule has 1 saturated heterocycles. The van der Waals surface area contributed by atoms with E-state index in [1.165, 1.54) is 83.5 Å². The molecule has 1 aliphatic heterocycles. The number of nitrogens with two attached hydrogens (primary N) is 1. The van der Waals surface area contributed by atoms with Crippen molar-refractivity contribution in [2.24, 2.45) is 10.8 Å². The van der Waals surface area contributed by atoms with Crippen LogP contribution in [0.2, 0.25) is 0 Å². The molecule has 4 N–H and O–H groups in total. The molecule has 0 amide bonds. The van der Waals surface area contributed by atoms with Crippen molar-refractivity contribution in [3.8, 4) is 0 Å². The molecule has 0 aromatic rings. The van der Waals surface area contributed by atoms with E-state index in [0.717, 1.165) is 6.42 Å².